The molecule has 1 fully saturated rings. The van der Waals surface area contributed by atoms with Gasteiger partial charge in [-0.15, -0.1) is 11.3 Å². The smallest absolute Gasteiger partial charge is 0.226 e. The molecule has 0 aromatic carbocycles. The number of carbonyl (C=O) groups is 1. The molecular formula is C17H22N2O3S. The van der Waals surface area contributed by atoms with Gasteiger partial charge in [0.25, 0.3) is 0 Å². The third-order valence-corrected chi connectivity index (χ3v) is 5.30. The van der Waals surface area contributed by atoms with Crippen molar-refractivity contribution in [3.63, 3.8) is 0 Å². The Morgan fingerprint density at radius 2 is 2.26 bits per heavy atom. The molecule has 2 aromatic heterocycles. The topological polar surface area (TPSA) is 75.4 Å². The van der Waals surface area contributed by atoms with E-state index in [1.807, 2.05) is 11.4 Å². The van der Waals surface area contributed by atoms with Gasteiger partial charge >= 0.3 is 0 Å². The number of nitrogens with one attached hydrogen (secondary N) is 1. The van der Waals surface area contributed by atoms with Crippen LogP contribution in [-0.4, -0.2) is 28.6 Å². The van der Waals surface area contributed by atoms with E-state index in [0.29, 0.717) is 12.5 Å². The number of hydrogen-bond donors (Lipinski definition) is 2. The molecular weight excluding hydrogens is 312 g/mol. The van der Waals surface area contributed by atoms with Gasteiger partial charge in [0, 0.05) is 17.5 Å². The molecule has 0 radical (unpaired) electrons. The van der Waals surface area contributed by atoms with E-state index in [0.717, 1.165) is 29.1 Å². The van der Waals surface area contributed by atoms with E-state index in [9.17, 15) is 9.90 Å². The van der Waals surface area contributed by atoms with Gasteiger partial charge in [-0.1, -0.05) is 19.3 Å². The van der Waals surface area contributed by atoms with Crippen LogP contribution in [0, 0.1) is 5.92 Å². The lowest BCUT2D eigenvalue weighted by Gasteiger charge is -2.26. The molecule has 0 aliphatic heterocycles. The maximum absolute atomic E-state index is 12.0. The molecule has 5 nitrogen and oxygen atoms in total. The predicted octanol–water partition coefficient (Wildman–Crippen LogP) is 3.00. The number of thiazole rings is 1. The maximum Gasteiger partial charge on any atom is 0.226 e. The van der Waals surface area contributed by atoms with Crippen LogP contribution < -0.4 is 5.32 Å². The van der Waals surface area contributed by atoms with Gasteiger partial charge in [0.1, 0.15) is 11.3 Å². The van der Waals surface area contributed by atoms with Crippen molar-refractivity contribution in [2.75, 3.05) is 6.54 Å². The number of aliphatic hydroxyl groups is 1. The largest absolute Gasteiger partial charge is 0.472 e. The fraction of sp³-hybridized carbons (Fsp3) is 0.529. The lowest BCUT2D eigenvalue weighted by molar-refractivity contribution is -0.121. The Hall–Kier alpha value is -1.66. The van der Waals surface area contributed by atoms with Gasteiger partial charge in [-0.2, -0.15) is 0 Å². The highest BCUT2D eigenvalue weighted by Crippen LogP contribution is 2.26. The second-order valence-electron chi connectivity index (χ2n) is 6.10. The number of furan rings is 1. The van der Waals surface area contributed by atoms with E-state index in [2.05, 4.69) is 10.3 Å². The molecule has 0 unspecified atom stereocenters. The second-order valence-corrected chi connectivity index (χ2v) is 6.96. The zero-order valence-corrected chi connectivity index (χ0v) is 13.8. The normalized spacial score (nSPS) is 17.1. The van der Waals surface area contributed by atoms with Crippen molar-refractivity contribution >= 4 is 17.2 Å². The number of rotatable bonds is 6. The van der Waals surface area contributed by atoms with Crippen LogP contribution in [0.1, 0.15) is 37.8 Å². The minimum Gasteiger partial charge on any atom is -0.472 e. The van der Waals surface area contributed by atoms with Crippen LogP contribution in [0.15, 0.2) is 28.4 Å². The van der Waals surface area contributed by atoms with Gasteiger partial charge in [-0.05, 0) is 24.8 Å². The number of amides is 1. The number of nitrogens with zero attached hydrogens (tertiary/aromatic N) is 1. The molecule has 2 aromatic rings. The first-order valence-electron chi connectivity index (χ1n) is 8.14. The summed E-state index contributed by atoms with van der Waals surface area (Å²) >= 11 is 1.50. The average molecular weight is 334 g/mol. The summed E-state index contributed by atoms with van der Waals surface area (Å²) in [6.45, 7) is 0.336. The first-order valence-corrected chi connectivity index (χ1v) is 9.02. The zero-order valence-electron chi connectivity index (χ0n) is 13.0. The van der Waals surface area contributed by atoms with Gasteiger partial charge in [-0.25, -0.2) is 4.98 Å². The molecule has 1 atom stereocenters. The van der Waals surface area contributed by atoms with Crippen molar-refractivity contribution in [1.82, 2.24) is 10.3 Å². The first-order chi connectivity index (χ1) is 11.2. The Morgan fingerprint density at radius 3 is 3.00 bits per heavy atom. The van der Waals surface area contributed by atoms with Gasteiger partial charge < -0.3 is 14.8 Å². The maximum atomic E-state index is 12.0. The molecule has 0 bridgehead atoms. The Morgan fingerprint density at radius 1 is 1.43 bits per heavy atom. The molecule has 1 amide bonds. The minimum absolute atomic E-state index is 0.0936. The minimum atomic E-state index is -0.434. The van der Waals surface area contributed by atoms with Crippen molar-refractivity contribution in [3.8, 4) is 10.6 Å². The summed E-state index contributed by atoms with van der Waals surface area (Å²) in [6.07, 6.45) is 8.82. The summed E-state index contributed by atoms with van der Waals surface area (Å²) in [5, 5.41) is 15.7. The Kier molecular flexibility index (Phi) is 5.46. The van der Waals surface area contributed by atoms with Crippen molar-refractivity contribution in [2.24, 2.45) is 5.92 Å². The highest BCUT2D eigenvalue weighted by molar-refractivity contribution is 7.13. The SMILES string of the molecule is O=C(Cc1csc(-c2ccoc2)n1)NC[C@@H](O)C1CCCCC1. The molecule has 23 heavy (non-hydrogen) atoms. The van der Waals surface area contributed by atoms with E-state index < -0.39 is 6.10 Å². The lowest BCUT2D eigenvalue weighted by Crippen LogP contribution is -2.37. The van der Waals surface area contributed by atoms with Gasteiger partial charge in [0.2, 0.25) is 5.91 Å². The van der Waals surface area contributed by atoms with E-state index in [4.69, 9.17) is 4.42 Å². The van der Waals surface area contributed by atoms with Crippen LogP contribution in [0.4, 0.5) is 0 Å². The number of aliphatic hydroxyl groups excluding tert-OH is 1. The number of hydrogen-bond acceptors (Lipinski definition) is 5. The molecule has 2 heterocycles. The Labute approximate surface area is 139 Å². The fourth-order valence-corrected chi connectivity index (χ4v) is 3.84. The van der Waals surface area contributed by atoms with Crippen molar-refractivity contribution < 1.29 is 14.3 Å². The summed E-state index contributed by atoms with van der Waals surface area (Å²) in [5.74, 6) is 0.236. The number of carbonyl (C=O) groups excluding carboxylic acids is 1. The van der Waals surface area contributed by atoms with Crippen LogP contribution in [0.2, 0.25) is 0 Å². The molecule has 1 aliphatic rings. The molecule has 6 heteroatoms. The van der Waals surface area contributed by atoms with Crippen molar-refractivity contribution in [2.45, 2.75) is 44.6 Å². The molecule has 124 valence electrons. The summed E-state index contributed by atoms with van der Waals surface area (Å²) in [4.78, 5) is 16.5. The van der Waals surface area contributed by atoms with Crippen LogP contribution >= 0.6 is 11.3 Å². The third kappa shape index (κ3) is 4.42. The predicted molar refractivity (Wildman–Crippen MR) is 89.1 cm³/mol. The average Bonchev–Trinajstić information content (AvgIpc) is 3.24. The van der Waals surface area contributed by atoms with Crippen molar-refractivity contribution in [1.29, 1.82) is 0 Å². The van der Waals surface area contributed by atoms with Crippen LogP contribution in [0.3, 0.4) is 0 Å². The third-order valence-electron chi connectivity index (χ3n) is 4.36. The second kappa shape index (κ2) is 7.75. The Bertz CT molecular complexity index is 618. The zero-order chi connectivity index (χ0) is 16.1. The van der Waals surface area contributed by atoms with E-state index in [1.54, 1.807) is 12.5 Å². The van der Waals surface area contributed by atoms with E-state index in [-0.39, 0.29) is 12.3 Å². The Balaban J connectivity index is 1.46. The van der Waals surface area contributed by atoms with E-state index in [1.165, 1.54) is 30.6 Å². The molecule has 2 N–H and O–H groups in total. The quantitative estimate of drug-likeness (QED) is 0.851. The van der Waals surface area contributed by atoms with Crippen LogP contribution in [0.5, 0.6) is 0 Å². The summed E-state index contributed by atoms with van der Waals surface area (Å²) in [6, 6.07) is 1.85. The molecule has 1 aliphatic carbocycles. The lowest BCUT2D eigenvalue weighted by atomic mass is 9.85. The standard InChI is InChI=1S/C17H22N2O3S/c20-15(12-4-2-1-3-5-12)9-18-16(21)8-14-11-23-17(19-14)13-6-7-22-10-13/h6-7,10-12,15,20H,1-5,8-9H2,(H,18,21)/t15-/m1/s1. The van der Waals surface area contributed by atoms with Crippen molar-refractivity contribution in [3.05, 3.63) is 29.7 Å². The van der Waals surface area contributed by atoms with Gasteiger partial charge in [-0.3, -0.25) is 4.79 Å². The summed E-state index contributed by atoms with van der Waals surface area (Å²) in [5.41, 5.74) is 1.67. The molecule has 1 saturated carbocycles. The first kappa shape index (κ1) is 16.2. The molecule has 0 saturated heterocycles. The number of aromatic nitrogens is 1. The van der Waals surface area contributed by atoms with Gasteiger partial charge in [0.15, 0.2) is 0 Å². The molecule has 3 rings (SSSR count). The summed E-state index contributed by atoms with van der Waals surface area (Å²) < 4.78 is 5.04. The molecule has 0 spiro atoms. The van der Waals surface area contributed by atoms with Crippen LogP contribution in [0.25, 0.3) is 10.6 Å². The highest BCUT2D eigenvalue weighted by atomic mass is 32.1. The monoisotopic (exact) mass is 334 g/mol. The fourth-order valence-electron chi connectivity index (χ4n) is 3.04. The van der Waals surface area contributed by atoms with Gasteiger partial charge in [0.05, 0.1) is 24.5 Å². The van der Waals surface area contributed by atoms with E-state index >= 15 is 0 Å². The van der Waals surface area contributed by atoms with Crippen LogP contribution in [-0.2, 0) is 11.2 Å². The summed E-state index contributed by atoms with van der Waals surface area (Å²) in [7, 11) is 0. The highest BCUT2D eigenvalue weighted by Gasteiger charge is 2.22.